The monoisotopic (exact) mass is 449 g/mol. The van der Waals surface area contributed by atoms with Crippen molar-refractivity contribution in [2.75, 3.05) is 13.6 Å². The van der Waals surface area contributed by atoms with Gasteiger partial charge in [0.05, 0.1) is 21.9 Å². The number of nitrogens with one attached hydrogen (secondary N) is 1. The number of hydrogen-bond donors (Lipinski definition) is 1. The number of amides is 1. The summed E-state index contributed by atoms with van der Waals surface area (Å²) in [6, 6.07) is 11.5. The zero-order chi connectivity index (χ0) is 19.2. The van der Waals surface area contributed by atoms with E-state index in [9.17, 15) is 13.2 Å². The first-order valence-electron chi connectivity index (χ1n) is 8.77. The molecule has 0 bridgehead atoms. The Hall–Kier alpha value is -1.77. The van der Waals surface area contributed by atoms with Crippen molar-refractivity contribution < 1.29 is 13.2 Å². The van der Waals surface area contributed by atoms with E-state index < -0.39 is 26.7 Å². The zero-order valence-corrected chi connectivity index (χ0v) is 17.2. The summed E-state index contributed by atoms with van der Waals surface area (Å²) in [6.45, 7) is 0.614. The Labute approximate surface area is 167 Å². The molecule has 142 valence electrons. The van der Waals surface area contributed by atoms with Gasteiger partial charge < -0.3 is 4.90 Å². The van der Waals surface area contributed by atoms with E-state index in [2.05, 4.69) is 26.2 Å². The van der Waals surface area contributed by atoms with Gasteiger partial charge in [-0.25, -0.2) is 8.42 Å². The van der Waals surface area contributed by atoms with E-state index in [1.54, 1.807) is 54.5 Å². The number of likely N-dealkylation sites (N-methyl/N-ethyl adjacent to an activating group) is 1. The Kier molecular flexibility index (Phi) is 4.60. The molecule has 3 atom stereocenters. The number of nitrogens with zero attached hydrogens (tertiary/aromatic N) is 2. The predicted molar refractivity (Wildman–Crippen MR) is 105 cm³/mol. The summed E-state index contributed by atoms with van der Waals surface area (Å²) in [4.78, 5) is 19.2. The smallest absolute Gasteiger partial charge is 0.242 e. The molecule has 27 heavy (non-hydrogen) atoms. The van der Waals surface area contributed by atoms with Crippen molar-refractivity contribution in [1.29, 1.82) is 0 Å². The molecule has 2 aliphatic heterocycles. The van der Waals surface area contributed by atoms with Gasteiger partial charge in [-0.2, -0.15) is 0 Å². The number of aromatic nitrogens is 1. The Morgan fingerprint density at radius 2 is 2.00 bits per heavy atom. The summed E-state index contributed by atoms with van der Waals surface area (Å²) in [5.41, 5.74) is -0.233. The second kappa shape index (κ2) is 6.68. The molecule has 4 rings (SSSR count). The predicted octanol–water partition coefficient (Wildman–Crippen LogP) is 2.32. The largest absolute Gasteiger partial charge is 0.344 e. The highest BCUT2D eigenvalue weighted by molar-refractivity contribution is 9.10. The van der Waals surface area contributed by atoms with Crippen LogP contribution in [-0.4, -0.2) is 48.6 Å². The molecular formula is C19H20BrN3O3S. The van der Waals surface area contributed by atoms with Crippen LogP contribution in [0.5, 0.6) is 0 Å². The standard InChI is InChI=1S/C19H20BrN3O3S/c1-23-10-8-19(18(23)24)12-16(27(25,26)14-5-3-2-4-6-14)17(22-19)15-11-13(20)7-9-21-15/h2-7,9,11,16-17,22H,8,10,12H2,1H3. The molecule has 2 aliphatic rings. The molecular weight excluding hydrogens is 430 g/mol. The summed E-state index contributed by atoms with van der Waals surface area (Å²) in [5, 5.41) is 2.60. The van der Waals surface area contributed by atoms with Gasteiger partial charge in [0.2, 0.25) is 5.91 Å². The highest BCUT2D eigenvalue weighted by Crippen LogP contribution is 2.43. The zero-order valence-electron chi connectivity index (χ0n) is 14.8. The summed E-state index contributed by atoms with van der Waals surface area (Å²) in [5.74, 6) is -0.0479. The van der Waals surface area contributed by atoms with Crippen LogP contribution in [0.15, 0.2) is 58.0 Å². The maximum Gasteiger partial charge on any atom is 0.242 e. The average molecular weight is 450 g/mol. The van der Waals surface area contributed by atoms with Crippen molar-refractivity contribution in [1.82, 2.24) is 15.2 Å². The van der Waals surface area contributed by atoms with Crippen LogP contribution < -0.4 is 5.32 Å². The Bertz CT molecular complexity index is 983. The summed E-state index contributed by atoms with van der Waals surface area (Å²) < 4.78 is 27.7. The molecule has 3 unspecified atom stereocenters. The van der Waals surface area contributed by atoms with E-state index in [1.807, 2.05) is 6.07 Å². The van der Waals surface area contributed by atoms with E-state index in [4.69, 9.17) is 0 Å². The molecule has 3 heterocycles. The van der Waals surface area contributed by atoms with Crippen LogP contribution in [0.25, 0.3) is 0 Å². The van der Waals surface area contributed by atoms with E-state index in [1.165, 1.54) is 0 Å². The molecule has 1 N–H and O–H groups in total. The molecule has 1 spiro atoms. The quantitative estimate of drug-likeness (QED) is 0.777. The molecule has 2 saturated heterocycles. The lowest BCUT2D eigenvalue weighted by atomic mass is 9.95. The second-order valence-corrected chi connectivity index (χ2v) is 10.3. The SMILES string of the molecule is CN1CCC2(CC(S(=O)(=O)c3ccccc3)C(c3cc(Br)ccn3)N2)C1=O. The molecule has 1 aromatic heterocycles. The third-order valence-corrected chi connectivity index (χ3v) is 8.17. The van der Waals surface area contributed by atoms with Crippen molar-refractivity contribution in [3.8, 4) is 0 Å². The maximum absolute atomic E-state index is 13.4. The van der Waals surface area contributed by atoms with Crippen molar-refractivity contribution in [2.45, 2.75) is 34.6 Å². The van der Waals surface area contributed by atoms with Crippen molar-refractivity contribution in [3.63, 3.8) is 0 Å². The van der Waals surface area contributed by atoms with Crippen molar-refractivity contribution >= 4 is 31.7 Å². The van der Waals surface area contributed by atoms with E-state index in [0.29, 0.717) is 18.7 Å². The first-order chi connectivity index (χ1) is 12.8. The lowest BCUT2D eigenvalue weighted by Crippen LogP contribution is -2.47. The van der Waals surface area contributed by atoms with Crippen molar-refractivity contribution in [3.05, 3.63) is 58.8 Å². The highest BCUT2D eigenvalue weighted by Gasteiger charge is 2.57. The van der Waals surface area contributed by atoms with Gasteiger partial charge in [0, 0.05) is 24.3 Å². The van der Waals surface area contributed by atoms with Crippen LogP contribution in [0, 0.1) is 0 Å². The summed E-state index contributed by atoms with van der Waals surface area (Å²) in [6.07, 6.45) is 2.47. The highest BCUT2D eigenvalue weighted by atomic mass is 79.9. The molecule has 2 aromatic rings. The van der Waals surface area contributed by atoms with E-state index in [0.717, 1.165) is 4.47 Å². The molecule has 1 amide bonds. The number of sulfone groups is 1. The van der Waals surface area contributed by atoms with E-state index >= 15 is 0 Å². The average Bonchev–Trinajstić information content (AvgIpc) is 3.20. The van der Waals surface area contributed by atoms with Gasteiger partial charge in [0.1, 0.15) is 5.54 Å². The van der Waals surface area contributed by atoms with Crippen LogP contribution >= 0.6 is 15.9 Å². The summed E-state index contributed by atoms with van der Waals surface area (Å²) in [7, 11) is -1.89. The van der Waals surface area contributed by atoms with Crippen molar-refractivity contribution in [2.24, 2.45) is 0 Å². The Balaban J connectivity index is 1.80. The number of pyridine rings is 1. The number of carbonyl (C=O) groups is 1. The lowest BCUT2D eigenvalue weighted by Gasteiger charge is -2.23. The van der Waals surface area contributed by atoms with Gasteiger partial charge in [-0.3, -0.25) is 15.1 Å². The molecule has 8 heteroatoms. The molecule has 1 aromatic carbocycles. The van der Waals surface area contributed by atoms with E-state index in [-0.39, 0.29) is 17.2 Å². The summed E-state index contributed by atoms with van der Waals surface area (Å²) >= 11 is 3.43. The molecule has 0 saturated carbocycles. The normalized spacial score (nSPS) is 28.2. The van der Waals surface area contributed by atoms with Gasteiger partial charge >= 0.3 is 0 Å². The van der Waals surface area contributed by atoms with Gasteiger partial charge in [-0.1, -0.05) is 34.1 Å². The number of likely N-dealkylation sites (tertiary alicyclic amines) is 1. The molecule has 2 fully saturated rings. The second-order valence-electron chi connectivity index (χ2n) is 7.18. The Morgan fingerprint density at radius 1 is 1.26 bits per heavy atom. The number of hydrogen-bond acceptors (Lipinski definition) is 5. The fourth-order valence-electron chi connectivity index (χ4n) is 4.10. The van der Waals surface area contributed by atoms with Crippen LogP contribution in [0.1, 0.15) is 24.6 Å². The first-order valence-corrected chi connectivity index (χ1v) is 11.1. The minimum atomic E-state index is -3.64. The van der Waals surface area contributed by atoms with Gasteiger partial charge in [-0.15, -0.1) is 0 Å². The Morgan fingerprint density at radius 3 is 2.63 bits per heavy atom. The van der Waals surface area contributed by atoms with Crippen LogP contribution in [0.3, 0.4) is 0 Å². The number of carbonyl (C=O) groups excluding carboxylic acids is 1. The lowest BCUT2D eigenvalue weighted by molar-refractivity contribution is -0.131. The number of halogens is 1. The number of benzene rings is 1. The third kappa shape index (κ3) is 3.09. The maximum atomic E-state index is 13.4. The fraction of sp³-hybridized carbons (Fsp3) is 0.368. The van der Waals surface area contributed by atoms with Crippen LogP contribution in [0.2, 0.25) is 0 Å². The first kappa shape index (κ1) is 18.6. The van der Waals surface area contributed by atoms with Gasteiger partial charge in [-0.05, 0) is 37.1 Å². The van der Waals surface area contributed by atoms with Crippen LogP contribution in [0.4, 0.5) is 0 Å². The topological polar surface area (TPSA) is 79.4 Å². The number of rotatable bonds is 3. The van der Waals surface area contributed by atoms with Crippen LogP contribution in [-0.2, 0) is 14.6 Å². The fourth-order valence-corrected chi connectivity index (χ4v) is 6.40. The third-order valence-electron chi connectivity index (χ3n) is 5.52. The minimum absolute atomic E-state index is 0.0479. The molecule has 0 radical (unpaired) electrons. The van der Waals surface area contributed by atoms with Gasteiger partial charge in [0.15, 0.2) is 9.84 Å². The van der Waals surface area contributed by atoms with Gasteiger partial charge in [0.25, 0.3) is 0 Å². The molecule has 0 aliphatic carbocycles. The minimum Gasteiger partial charge on any atom is -0.344 e. The molecule has 6 nitrogen and oxygen atoms in total.